The number of hydrogen-bond donors (Lipinski definition) is 1. The first kappa shape index (κ1) is 74.2. The molecule has 0 unspecified atom stereocenters. The first-order chi connectivity index (χ1) is 41.6. The average molecular weight is 1270 g/mol. The highest BCUT2D eigenvalue weighted by atomic mass is 19.2. The van der Waals surface area contributed by atoms with Crippen LogP contribution in [-0.4, -0.2) is 11.1 Å². The van der Waals surface area contributed by atoms with Gasteiger partial charge in [-0.3, -0.25) is 0 Å². The molecule has 0 atom stereocenters. The van der Waals surface area contributed by atoms with E-state index in [0.717, 1.165) is 0 Å². The second-order valence-corrected chi connectivity index (χ2v) is 22.6. The molecule has 0 spiro atoms. The zero-order chi connectivity index (χ0) is 64.4. The maximum absolute atomic E-state index is 15.4. The van der Waals surface area contributed by atoms with Gasteiger partial charge in [0.25, 0.3) is 5.82 Å². The Hall–Kier alpha value is -5.25. The molecule has 5 aromatic rings. The predicted octanol–water partition coefficient (Wildman–Crippen LogP) is 19.6. The van der Waals surface area contributed by atoms with Crippen molar-refractivity contribution in [3.05, 3.63) is 135 Å². The van der Waals surface area contributed by atoms with E-state index in [0.29, 0.717) is 0 Å². The van der Waals surface area contributed by atoms with Crippen LogP contribution in [0.25, 0.3) is 0 Å². The van der Waals surface area contributed by atoms with E-state index in [-0.39, 0.29) is 0 Å². The number of rotatable bonds is 39. The van der Waals surface area contributed by atoms with Gasteiger partial charge >= 0.3 is 0 Å². The van der Waals surface area contributed by atoms with Crippen LogP contribution in [0.1, 0.15) is 232 Å². The molecule has 2 nitrogen and oxygen atoms in total. The number of aromatic amines is 1. The summed E-state index contributed by atoms with van der Waals surface area (Å²) < 4.78 is 296. The van der Waals surface area contributed by atoms with Gasteiger partial charge < -0.3 is 0 Å². The summed E-state index contributed by atoms with van der Waals surface area (Å²) in [6.45, 7) is 5.82. The quantitative estimate of drug-likeness (QED) is 0.0101. The number of hydrogen-bond acceptors (Lipinski definition) is 0. The third kappa shape index (κ3) is 19.1. The Morgan fingerprint density at radius 3 is 0.655 bits per heavy atom. The first-order valence-corrected chi connectivity index (χ1v) is 30.9. The fourth-order valence-corrected chi connectivity index (χ4v) is 11.5. The van der Waals surface area contributed by atoms with Gasteiger partial charge in [0.15, 0.2) is 69.8 Å². The van der Waals surface area contributed by atoms with Crippen molar-refractivity contribution in [2.24, 2.45) is 0 Å². The first-order valence-electron chi connectivity index (χ1n) is 30.9. The van der Waals surface area contributed by atoms with Gasteiger partial charge in [-0.05, 0) is 19.3 Å². The molecule has 0 saturated heterocycles. The summed E-state index contributed by atoms with van der Waals surface area (Å²) in [5.41, 5.74) is -14.3. The molecule has 0 aliphatic heterocycles. The Balaban J connectivity index is 0.000000374. The second-order valence-electron chi connectivity index (χ2n) is 22.6. The lowest BCUT2D eigenvalue weighted by atomic mass is 9.12. The van der Waals surface area contributed by atoms with Crippen LogP contribution in [0, 0.1) is 116 Å². The number of nitrogens with zero attached hydrogens (tertiary/aromatic N) is 1. The molecule has 1 aromatic heterocycles. The SMILES string of the molecule is CCCCCCCCCCCCCCCCCCCc1[nH]cc[n+]1CCCCCCCCCCCCCCCCCC.Fc1c(F)c(F)c([B-](c2c(F)c(F)c(F)c(F)c2F)(c2c(F)c(F)c(F)c(F)c2F)c2c(F)c(F)c(F)c(F)c2F)c(F)c1F. The highest BCUT2D eigenvalue weighted by Gasteiger charge is 2.52. The summed E-state index contributed by atoms with van der Waals surface area (Å²) in [5.74, 6) is -69.9. The highest BCUT2D eigenvalue weighted by Crippen LogP contribution is 2.31. The molecule has 4 aromatic carbocycles. The number of nitrogens with one attached hydrogen (secondary N) is 1. The number of unbranched alkanes of at least 4 members (excludes halogenated alkanes) is 31. The minimum atomic E-state index is -7.22. The Labute approximate surface area is 497 Å². The number of aromatic nitrogens is 2. The van der Waals surface area contributed by atoms with Crippen molar-refractivity contribution >= 4 is 28.0 Å². The van der Waals surface area contributed by atoms with Crippen molar-refractivity contribution in [3.63, 3.8) is 0 Å². The fourth-order valence-electron chi connectivity index (χ4n) is 11.5. The van der Waals surface area contributed by atoms with E-state index in [1.165, 1.54) is 231 Å². The van der Waals surface area contributed by atoms with E-state index in [1.807, 2.05) is 0 Å². The Kier molecular flexibility index (Phi) is 32.1. The summed E-state index contributed by atoms with van der Waals surface area (Å²) in [6, 6.07) is 0. The van der Waals surface area contributed by atoms with Crippen LogP contribution in [-0.2, 0) is 13.0 Å². The molecule has 0 bridgehead atoms. The van der Waals surface area contributed by atoms with Crippen LogP contribution in [0.4, 0.5) is 87.8 Å². The van der Waals surface area contributed by atoms with Gasteiger partial charge in [-0.15, -0.1) is 21.9 Å². The molecule has 488 valence electrons. The molecule has 0 aliphatic rings. The zero-order valence-electron chi connectivity index (χ0n) is 49.5. The van der Waals surface area contributed by atoms with E-state index in [2.05, 4.69) is 35.8 Å². The summed E-state index contributed by atoms with van der Waals surface area (Å²) >= 11 is 0. The summed E-state index contributed by atoms with van der Waals surface area (Å²) in [5, 5.41) is 0. The molecule has 23 heteroatoms. The predicted molar refractivity (Wildman–Crippen MR) is 298 cm³/mol. The minimum absolute atomic E-state index is 1.20. The Morgan fingerprint density at radius 1 is 0.253 bits per heavy atom. The summed E-state index contributed by atoms with van der Waals surface area (Å²) in [4.78, 5) is 3.53. The van der Waals surface area contributed by atoms with Crippen molar-refractivity contribution in [1.82, 2.24) is 4.98 Å². The lowest BCUT2D eigenvalue weighted by Crippen LogP contribution is -2.81. The van der Waals surface area contributed by atoms with Gasteiger partial charge in [-0.25, -0.2) is 97.4 Å². The van der Waals surface area contributed by atoms with Gasteiger partial charge in [0.2, 0.25) is 0 Å². The normalized spacial score (nSPS) is 11.8. The average Bonchev–Trinajstić information content (AvgIpc) is 0.861. The van der Waals surface area contributed by atoms with Crippen LogP contribution in [0.3, 0.4) is 0 Å². The molecule has 1 N–H and O–H groups in total. The maximum atomic E-state index is 15.4. The standard InChI is InChI=1S/C40H78N2.C24BF20/c1-3-5-7-9-11-13-15-17-19-21-22-24-26-28-30-32-34-36-40-41-37-39-42(40)38-35-33-31-29-27-25-23-20-18-16-14-12-10-8-6-4-2;26-5-1(6(27)14(35)21(42)13(5)34)25(2-7(28)15(36)22(43)16(37)8(2)29,3-9(30)17(38)23(44)18(39)10(3)31)4-11(32)19(40)24(45)20(41)12(4)33/h37,39H,3-36,38H2,1-2H3;/q;-1/p+1. The van der Waals surface area contributed by atoms with E-state index in [1.54, 1.807) is 0 Å². The smallest absolute Gasteiger partial charge is 0.248 e. The van der Waals surface area contributed by atoms with Crippen LogP contribution in [0.2, 0.25) is 0 Å². The molecule has 0 amide bonds. The van der Waals surface area contributed by atoms with Gasteiger partial charge in [0.05, 0.1) is 6.54 Å². The van der Waals surface area contributed by atoms with E-state index in [4.69, 9.17) is 0 Å². The van der Waals surface area contributed by atoms with Crippen molar-refractivity contribution in [3.8, 4) is 0 Å². The fraction of sp³-hybridized carbons (Fsp3) is 0.578. The van der Waals surface area contributed by atoms with E-state index < -0.39 is 144 Å². The lowest BCUT2D eigenvalue weighted by molar-refractivity contribution is -0.703. The van der Waals surface area contributed by atoms with Crippen molar-refractivity contribution in [1.29, 1.82) is 0 Å². The van der Waals surface area contributed by atoms with Crippen LogP contribution < -0.4 is 26.4 Å². The topological polar surface area (TPSA) is 19.7 Å². The number of benzene rings is 4. The molecule has 0 fully saturated rings. The Morgan fingerprint density at radius 2 is 0.437 bits per heavy atom. The van der Waals surface area contributed by atoms with Crippen molar-refractivity contribution < 1.29 is 92.4 Å². The largest absolute Gasteiger partial charge is 0.254 e. The number of halogens is 20. The number of H-pyrrole nitrogens is 1. The van der Waals surface area contributed by atoms with Gasteiger partial charge in [0.1, 0.15) is 65.1 Å². The van der Waals surface area contributed by atoms with Crippen LogP contribution in [0.5, 0.6) is 0 Å². The lowest BCUT2D eigenvalue weighted by Gasteiger charge is -2.44. The molecule has 5 rings (SSSR count). The highest BCUT2D eigenvalue weighted by molar-refractivity contribution is 7.20. The van der Waals surface area contributed by atoms with E-state index in [9.17, 15) is 52.7 Å². The minimum Gasteiger partial charge on any atom is -0.248 e. The van der Waals surface area contributed by atoms with Crippen molar-refractivity contribution in [2.45, 2.75) is 239 Å². The summed E-state index contributed by atoms with van der Waals surface area (Å²) in [7, 11) is 0. The van der Waals surface area contributed by atoms with E-state index >= 15 is 35.1 Å². The monoisotopic (exact) mass is 1270 g/mol. The molecular weight excluding hydrogens is 1190 g/mol. The molecule has 0 radical (unpaired) electrons. The number of imidazole rings is 1. The molecule has 87 heavy (non-hydrogen) atoms. The Bertz CT molecular complexity index is 2550. The third-order valence-corrected chi connectivity index (χ3v) is 16.3. The van der Waals surface area contributed by atoms with Crippen LogP contribution in [0.15, 0.2) is 12.4 Å². The molecule has 0 aliphatic carbocycles. The number of aryl methyl sites for hydroxylation is 2. The molecular formula is C64H79BF20N2. The zero-order valence-corrected chi connectivity index (χ0v) is 49.5. The van der Waals surface area contributed by atoms with Crippen LogP contribution >= 0.6 is 0 Å². The molecule has 1 heterocycles. The third-order valence-electron chi connectivity index (χ3n) is 16.3. The second kappa shape index (κ2) is 37.7. The van der Waals surface area contributed by atoms with Gasteiger partial charge in [-0.2, -0.15) is 0 Å². The van der Waals surface area contributed by atoms with Crippen molar-refractivity contribution in [2.75, 3.05) is 0 Å². The van der Waals surface area contributed by atoms with Gasteiger partial charge in [0, 0.05) is 6.42 Å². The summed E-state index contributed by atoms with van der Waals surface area (Å²) in [6.07, 6.45) is 46.2. The maximum Gasteiger partial charge on any atom is 0.254 e. The molecule has 0 saturated carbocycles. The van der Waals surface area contributed by atoms with Gasteiger partial charge in [-0.1, -0.05) is 206 Å².